The van der Waals surface area contributed by atoms with Crippen LogP contribution < -0.4 is 0 Å². The molecule has 3 aliphatic rings. The van der Waals surface area contributed by atoms with Gasteiger partial charge in [0.25, 0.3) is 0 Å². The quantitative estimate of drug-likeness (QED) is 0.811. The Morgan fingerprint density at radius 1 is 1.00 bits per heavy atom. The van der Waals surface area contributed by atoms with E-state index in [0.717, 1.165) is 13.1 Å². The molecule has 0 amide bonds. The maximum atomic E-state index is 12.6. The predicted molar refractivity (Wildman–Crippen MR) is 73.9 cm³/mol. The zero-order valence-corrected chi connectivity index (χ0v) is 12.4. The van der Waals surface area contributed by atoms with Crippen LogP contribution in [0.5, 0.6) is 0 Å². The topological polar surface area (TPSA) is 77.9 Å². The van der Waals surface area contributed by atoms with E-state index < -0.39 is 27.2 Å². The number of hydrogen-bond donors (Lipinski definition) is 1. The molecule has 2 unspecified atom stereocenters. The first kappa shape index (κ1) is 14.3. The van der Waals surface area contributed by atoms with Crippen molar-refractivity contribution in [2.75, 3.05) is 26.2 Å². The summed E-state index contributed by atoms with van der Waals surface area (Å²) in [5.74, 6) is -1.69. The Labute approximate surface area is 119 Å². The van der Waals surface area contributed by atoms with Crippen LogP contribution in [0.15, 0.2) is 0 Å². The summed E-state index contributed by atoms with van der Waals surface area (Å²) < 4.78 is 26.8. The van der Waals surface area contributed by atoms with E-state index in [4.69, 9.17) is 0 Å². The van der Waals surface area contributed by atoms with Crippen LogP contribution in [0.4, 0.5) is 0 Å². The second kappa shape index (κ2) is 5.27. The Morgan fingerprint density at radius 2 is 1.65 bits per heavy atom. The van der Waals surface area contributed by atoms with Gasteiger partial charge < -0.3 is 5.11 Å². The van der Waals surface area contributed by atoms with Gasteiger partial charge in [-0.1, -0.05) is 6.42 Å². The van der Waals surface area contributed by atoms with Crippen LogP contribution in [0.1, 0.15) is 32.1 Å². The molecular formula is C13H22N2O4S. The molecule has 1 aliphatic heterocycles. The summed E-state index contributed by atoms with van der Waals surface area (Å²) in [6.07, 6.45) is 4.14. The molecule has 0 aromatic heterocycles. The van der Waals surface area contributed by atoms with Crippen LogP contribution in [0, 0.1) is 5.92 Å². The Morgan fingerprint density at radius 3 is 2.20 bits per heavy atom. The fraction of sp³-hybridized carbons (Fsp3) is 0.923. The number of hydrogen-bond acceptors (Lipinski definition) is 4. The Kier molecular flexibility index (Phi) is 3.77. The smallest absolute Gasteiger partial charge is 0.307 e. The number of piperazine rings is 1. The predicted octanol–water partition coefficient (Wildman–Crippen LogP) is 0.349. The molecule has 114 valence electrons. The highest BCUT2D eigenvalue weighted by Gasteiger charge is 2.45. The van der Waals surface area contributed by atoms with Crippen LogP contribution in [-0.2, 0) is 14.8 Å². The monoisotopic (exact) mass is 302 g/mol. The number of carboxylic acids is 1. The van der Waals surface area contributed by atoms with E-state index in [2.05, 4.69) is 4.90 Å². The maximum absolute atomic E-state index is 12.6. The average Bonchev–Trinajstić information content (AvgIpc) is 3.14. The third-order valence-corrected chi connectivity index (χ3v) is 7.26. The maximum Gasteiger partial charge on any atom is 0.307 e. The summed E-state index contributed by atoms with van der Waals surface area (Å²) in [5, 5.41) is 8.46. The molecule has 0 radical (unpaired) electrons. The molecule has 0 spiro atoms. The van der Waals surface area contributed by atoms with Gasteiger partial charge in [0.15, 0.2) is 0 Å². The van der Waals surface area contributed by atoms with Crippen molar-refractivity contribution in [3.05, 3.63) is 0 Å². The standard InChI is InChI=1S/C13H22N2O4S/c16-13(17)11-2-1-3-12(11)20(18,19)15-8-6-14(7-9-15)10-4-5-10/h10-12H,1-9H2,(H,16,17). The second-order valence-corrected chi connectivity index (χ2v) is 8.28. The molecule has 1 heterocycles. The van der Waals surface area contributed by atoms with Crippen molar-refractivity contribution in [1.29, 1.82) is 0 Å². The third kappa shape index (κ3) is 2.58. The van der Waals surface area contributed by atoms with Gasteiger partial charge in [0.2, 0.25) is 10.0 Å². The van der Waals surface area contributed by atoms with E-state index in [-0.39, 0.29) is 0 Å². The summed E-state index contributed by atoms with van der Waals surface area (Å²) in [6, 6.07) is 0.665. The normalized spacial score (nSPS) is 33.4. The first-order valence-electron chi connectivity index (χ1n) is 7.46. The molecule has 1 N–H and O–H groups in total. The molecule has 6 nitrogen and oxygen atoms in total. The minimum Gasteiger partial charge on any atom is -0.481 e. The molecule has 2 saturated carbocycles. The van der Waals surface area contributed by atoms with E-state index in [1.165, 1.54) is 17.1 Å². The summed E-state index contributed by atoms with van der Waals surface area (Å²) >= 11 is 0. The third-order valence-electron chi connectivity index (χ3n) is 4.85. The van der Waals surface area contributed by atoms with E-state index in [9.17, 15) is 18.3 Å². The molecule has 2 atom stereocenters. The largest absolute Gasteiger partial charge is 0.481 e. The van der Waals surface area contributed by atoms with Gasteiger partial charge in [0.05, 0.1) is 11.2 Å². The van der Waals surface area contributed by atoms with Crippen molar-refractivity contribution < 1.29 is 18.3 Å². The molecule has 3 rings (SSSR count). The Bertz CT molecular complexity index is 481. The lowest BCUT2D eigenvalue weighted by Gasteiger charge is -2.36. The second-order valence-electron chi connectivity index (χ2n) is 6.13. The van der Waals surface area contributed by atoms with Crippen molar-refractivity contribution in [3.8, 4) is 0 Å². The van der Waals surface area contributed by atoms with Crippen molar-refractivity contribution in [1.82, 2.24) is 9.21 Å². The molecule has 0 bridgehead atoms. The summed E-state index contributed by atoms with van der Waals surface area (Å²) in [4.78, 5) is 13.6. The number of rotatable bonds is 4. The van der Waals surface area contributed by atoms with Crippen molar-refractivity contribution >= 4 is 16.0 Å². The number of aliphatic carboxylic acids is 1. The highest BCUT2D eigenvalue weighted by Crippen LogP contribution is 2.34. The van der Waals surface area contributed by atoms with Crippen LogP contribution in [0.25, 0.3) is 0 Å². The Hall–Kier alpha value is -0.660. The van der Waals surface area contributed by atoms with E-state index in [0.29, 0.717) is 38.4 Å². The van der Waals surface area contributed by atoms with Gasteiger partial charge in [-0.3, -0.25) is 9.69 Å². The minimum atomic E-state index is -3.46. The summed E-state index contributed by atoms with van der Waals surface area (Å²) in [5.41, 5.74) is 0. The van der Waals surface area contributed by atoms with Crippen molar-refractivity contribution in [2.24, 2.45) is 5.92 Å². The van der Waals surface area contributed by atoms with Gasteiger partial charge >= 0.3 is 5.97 Å². The van der Waals surface area contributed by atoms with Crippen LogP contribution in [0.3, 0.4) is 0 Å². The highest BCUT2D eigenvalue weighted by atomic mass is 32.2. The fourth-order valence-corrected chi connectivity index (χ4v) is 5.71. The van der Waals surface area contributed by atoms with Gasteiger partial charge in [0.1, 0.15) is 0 Å². The number of nitrogens with zero attached hydrogens (tertiary/aromatic N) is 2. The molecule has 20 heavy (non-hydrogen) atoms. The zero-order chi connectivity index (χ0) is 14.3. The van der Waals surface area contributed by atoms with Gasteiger partial charge in [-0.2, -0.15) is 4.31 Å². The number of sulfonamides is 1. The van der Waals surface area contributed by atoms with Crippen LogP contribution >= 0.6 is 0 Å². The molecule has 0 aromatic rings. The zero-order valence-electron chi connectivity index (χ0n) is 11.6. The molecular weight excluding hydrogens is 280 g/mol. The average molecular weight is 302 g/mol. The molecule has 3 fully saturated rings. The molecule has 1 saturated heterocycles. The van der Waals surface area contributed by atoms with E-state index in [1.807, 2.05) is 0 Å². The van der Waals surface area contributed by atoms with Gasteiger partial charge in [-0.15, -0.1) is 0 Å². The lowest BCUT2D eigenvalue weighted by Crippen LogP contribution is -2.52. The van der Waals surface area contributed by atoms with Gasteiger partial charge in [-0.25, -0.2) is 8.42 Å². The van der Waals surface area contributed by atoms with Gasteiger partial charge in [-0.05, 0) is 25.7 Å². The van der Waals surface area contributed by atoms with Crippen molar-refractivity contribution in [2.45, 2.75) is 43.4 Å². The molecule has 2 aliphatic carbocycles. The summed E-state index contributed by atoms with van der Waals surface area (Å²) in [7, 11) is -3.46. The van der Waals surface area contributed by atoms with Gasteiger partial charge in [0, 0.05) is 32.2 Å². The number of carbonyl (C=O) groups is 1. The molecule has 7 heteroatoms. The van der Waals surface area contributed by atoms with Crippen molar-refractivity contribution in [3.63, 3.8) is 0 Å². The highest BCUT2D eigenvalue weighted by molar-refractivity contribution is 7.89. The van der Waals surface area contributed by atoms with E-state index >= 15 is 0 Å². The Balaban J connectivity index is 1.67. The lowest BCUT2D eigenvalue weighted by atomic mass is 10.1. The lowest BCUT2D eigenvalue weighted by molar-refractivity contribution is -0.141. The first-order chi connectivity index (χ1) is 9.50. The number of carboxylic acid groups (broad SMARTS) is 1. The molecule has 0 aromatic carbocycles. The van der Waals surface area contributed by atoms with Crippen LogP contribution in [-0.4, -0.2) is 66.2 Å². The first-order valence-corrected chi connectivity index (χ1v) is 8.96. The SMILES string of the molecule is O=C(O)C1CCCC1S(=O)(=O)N1CCN(C2CC2)CC1. The minimum absolute atomic E-state index is 0.487. The van der Waals surface area contributed by atoms with Crippen LogP contribution in [0.2, 0.25) is 0 Å². The van der Waals surface area contributed by atoms with E-state index in [1.54, 1.807) is 0 Å². The summed E-state index contributed by atoms with van der Waals surface area (Å²) in [6.45, 7) is 2.60. The fourth-order valence-electron chi connectivity index (χ4n) is 3.52.